The van der Waals surface area contributed by atoms with Crippen LogP contribution < -0.4 is 16.1 Å². The molecular formula is C8H10ClN3O2. The van der Waals surface area contributed by atoms with Crippen molar-refractivity contribution >= 4 is 17.4 Å². The number of rotatable bonds is 1. The Morgan fingerprint density at radius 2 is 1.79 bits per heavy atom. The third kappa shape index (κ3) is 1.55. The van der Waals surface area contributed by atoms with Gasteiger partial charge in [0.05, 0.1) is 0 Å². The van der Waals surface area contributed by atoms with Crippen LogP contribution in [0.3, 0.4) is 0 Å². The highest BCUT2D eigenvalue weighted by Gasteiger charge is 2.17. The van der Waals surface area contributed by atoms with E-state index >= 15 is 0 Å². The summed E-state index contributed by atoms with van der Waals surface area (Å²) in [7, 11) is 0. The molecule has 1 aromatic rings. The van der Waals surface area contributed by atoms with Crippen LogP contribution in [0.2, 0.25) is 5.02 Å². The van der Waals surface area contributed by atoms with Crippen LogP contribution in [0.15, 0.2) is 9.59 Å². The van der Waals surface area contributed by atoms with E-state index in [1.807, 2.05) is 4.90 Å². The standard InChI is InChI=1S/C8H10ClN3O2/c9-5-6(12-3-1-2-4-12)10-8(14)11-7(5)13/h1-4H2,(H2,10,11,13,14). The smallest absolute Gasteiger partial charge is 0.327 e. The first kappa shape index (κ1) is 9.33. The monoisotopic (exact) mass is 215 g/mol. The first-order valence-electron chi connectivity index (χ1n) is 4.45. The van der Waals surface area contributed by atoms with Crippen molar-refractivity contribution < 1.29 is 0 Å². The fourth-order valence-corrected chi connectivity index (χ4v) is 1.83. The molecular weight excluding hydrogens is 206 g/mol. The second kappa shape index (κ2) is 3.49. The SMILES string of the molecule is O=c1[nH]c(N2CCCC2)c(Cl)c(=O)[nH]1. The lowest BCUT2D eigenvalue weighted by molar-refractivity contribution is 0.903. The van der Waals surface area contributed by atoms with Gasteiger partial charge in [0, 0.05) is 13.1 Å². The van der Waals surface area contributed by atoms with Crippen LogP contribution in [0, 0.1) is 0 Å². The van der Waals surface area contributed by atoms with Crippen molar-refractivity contribution in [2.45, 2.75) is 12.8 Å². The molecule has 0 radical (unpaired) electrons. The van der Waals surface area contributed by atoms with Gasteiger partial charge in [-0.3, -0.25) is 14.8 Å². The van der Waals surface area contributed by atoms with Crippen molar-refractivity contribution in [1.82, 2.24) is 9.97 Å². The van der Waals surface area contributed by atoms with Crippen molar-refractivity contribution in [2.24, 2.45) is 0 Å². The number of hydrogen-bond acceptors (Lipinski definition) is 3. The molecule has 0 aromatic carbocycles. The number of aromatic amines is 2. The molecule has 0 amide bonds. The zero-order valence-corrected chi connectivity index (χ0v) is 8.23. The van der Waals surface area contributed by atoms with Gasteiger partial charge in [-0.2, -0.15) is 0 Å². The van der Waals surface area contributed by atoms with E-state index in [1.54, 1.807) is 0 Å². The van der Waals surface area contributed by atoms with Crippen LogP contribution in [-0.2, 0) is 0 Å². The zero-order chi connectivity index (χ0) is 10.1. The minimum Gasteiger partial charge on any atom is -0.357 e. The Morgan fingerprint density at radius 1 is 1.14 bits per heavy atom. The highest BCUT2D eigenvalue weighted by molar-refractivity contribution is 6.32. The molecule has 1 saturated heterocycles. The maximum absolute atomic E-state index is 11.2. The van der Waals surface area contributed by atoms with Gasteiger partial charge in [-0.15, -0.1) is 0 Å². The second-order valence-electron chi connectivity index (χ2n) is 3.26. The Kier molecular flexibility index (Phi) is 2.33. The number of H-pyrrole nitrogens is 2. The molecule has 0 bridgehead atoms. The Labute approximate surface area is 84.7 Å². The van der Waals surface area contributed by atoms with Crippen LogP contribution in [0.25, 0.3) is 0 Å². The van der Waals surface area contributed by atoms with Gasteiger partial charge in [-0.05, 0) is 12.8 Å². The quantitative estimate of drug-likeness (QED) is 0.709. The largest absolute Gasteiger partial charge is 0.357 e. The molecule has 0 spiro atoms. The number of nitrogens with one attached hydrogen (secondary N) is 2. The molecule has 1 fully saturated rings. The topological polar surface area (TPSA) is 69.0 Å². The lowest BCUT2D eigenvalue weighted by Gasteiger charge is -2.17. The third-order valence-electron chi connectivity index (χ3n) is 2.29. The Balaban J connectivity index is 2.51. The van der Waals surface area contributed by atoms with E-state index in [2.05, 4.69) is 9.97 Å². The first-order valence-corrected chi connectivity index (χ1v) is 4.83. The summed E-state index contributed by atoms with van der Waals surface area (Å²) < 4.78 is 0. The molecule has 1 aliphatic rings. The van der Waals surface area contributed by atoms with Crippen molar-refractivity contribution in [3.05, 3.63) is 25.9 Å². The van der Waals surface area contributed by atoms with Crippen LogP contribution in [0.1, 0.15) is 12.8 Å². The fraction of sp³-hybridized carbons (Fsp3) is 0.500. The first-order chi connectivity index (χ1) is 6.68. The molecule has 0 aliphatic carbocycles. The lowest BCUT2D eigenvalue weighted by atomic mass is 10.4. The van der Waals surface area contributed by atoms with E-state index in [-0.39, 0.29) is 5.02 Å². The predicted molar refractivity (Wildman–Crippen MR) is 54.1 cm³/mol. The third-order valence-corrected chi connectivity index (χ3v) is 2.64. The van der Waals surface area contributed by atoms with E-state index in [0.29, 0.717) is 5.82 Å². The van der Waals surface area contributed by atoms with Gasteiger partial charge in [0.25, 0.3) is 5.56 Å². The van der Waals surface area contributed by atoms with Crippen LogP contribution in [-0.4, -0.2) is 23.1 Å². The Morgan fingerprint density at radius 3 is 2.43 bits per heavy atom. The molecule has 2 rings (SSSR count). The van der Waals surface area contributed by atoms with Gasteiger partial charge in [0.15, 0.2) is 0 Å². The number of nitrogens with zero attached hydrogens (tertiary/aromatic N) is 1. The normalized spacial score (nSPS) is 16.2. The van der Waals surface area contributed by atoms with Crippen LogP contribution >= 0.6 is 11.6 Å². The molecule has 6 heteroatoms. The summed E-state index contributed by atoms with van der Waals surface area (Å²) in [5.41, 5.74) is -1.04. The Bertz CT molecular complexity index is 445. The van der Waals surface area contributed by atoms with Gasteiger partial charge in [0.2, 0.25) is 0 Å². The van der Waals surface area contributed by atoms with E-state index in [1.165, 1.54) is 0 Å². The van der Waals surface area contributed by atoms with Crippen molar-refractivity contribution in [3.63, 3.8) is 0 Å². The summed E-state index contributed by atoms with van der Waals surface area (Å²) in [5.74, 6) is 0.443. The van der Waals surface area contributed by atoms with E-state index in [0.717, 1.165) is 25.9 Å². The van der Waals surface area contributed by atoms with Crippen molar-refractivity contribution in [3.8, 4) is 0 Å². The van der Waals surface area contributed by atoms with Gasteiger partial charge in [-0.1, -0.05) is 11.6 Å². The summed E-state index contributed by atoms with van der Waals surface area (Å²) in [5, 5.41) is 0.0616. The minimum atomic E-state index is -0.530. The maximum Gasteiger partial charge on any atom is 0.327 e. The number of aromatic nitrogens is 2. The van der Waals surface area contributed by atoms with Gasteiger partial charge < -0.3 is 4.90 Å². The highest BCUT2D eigenvalue weighted by atomic mass is 35.5. The summed E-state index contributed by atoms with van der Waals surface area (Å²) in [4.78, 5) is 28.7. The van der Waals surface area contributed by atoms with E-state index in [9.17, 15) is 9.59 Å². The fourth-order valence-electron chi connectivity index (χ4n) is 1.62. The average molecular weight is 216 g/mol. The van der Waals surface area contributed by atoms with Gasteiger partial charge in [0.1, 0.15) is 10.8 Å². The summed E-state index contributed by atoms with van der Waals surface area (Å²) in [6.07, 6.45) is 2.12. The molecule has 1 aromatic heterocycles. The molecule has 2 heterocycles. The average Bonchev–Trinajstić information content (AvgIpc) is 2.63. The molecule has 0 saturated carbocycles. The molecule has 1 aliphatic heterocycles. The van der Waals surface area contributed by atoms with Crippen molar-refractivity contribution in [1.29, 1.82) is 0 Å². The summed E-state index contributed by atoms with van der Waals surface area (Å²) in [6.45, 7) is 1.66. The minimum absolute atomic E-state index is 0.0616. The molecule has 14 heavy (non-hydrogen) atoms. The summed E-state index contributed by atoms with van der Waals surface area (Å²) >= 11 is 5.79. The zero-order valence-electron chi connectivity index (χ0n) is 7.47. The van der Waals surface area contributed by atoms with E-state index < -0.39 is 11.2 Å². The van der Waals surface area contributed by atoms with Crippen LogP contribution in [0.5, 0.6) is 0 Å². The molecule has 5 nitrogen and oxygen atoms in total. The molecule has 2 N–H and O–H groups in total. The molecule has 0 unspecified atom stereocenters. The molecule has 76 valence electrons. The van der Waals surface area contributed by atoms with Gasteiger partial charge >= 0.3 is 5.69 Å². The molecule has 0 atom stereocenters. The van der Waals surface area contributed by atoms with Gasteiger partial charge in [-0.25, -0.2) is 4.79 Å². The van der Waals surface area contributed by atoms with E-state index in [4.69, 9.17) is 11.6 Å². The summed E-state index contributed by atoms with van der Waals surface area (Å²) in [6, 6.07) is 0. The number of anilines is 1. The Hall–Kier alpha value is -1.23. The number of hydrogen-bond donors (Lipinski definition) is 2. The van der Waals surface area contributed by atoms with Crippen LogP contribution in [0.4, 0.5) is 5.82 Å². The highest BCUT2D eigenvalue weighted by Crippen LogP contribution is 2.21. The second-order valence-corrected chi connectivity index (χ2v) is 3.64. The predicted octanol–water partition coefficient (Wildman–Crippen LogP) is 0.317. The maximum atomic E-state index is 11.2. The van der Waals surface area contributed by atoms with Crippen molar-refractivity contribution in [2.75, 3.05) is 18.0 Å². The lowest BCUT2D eigenvalue weighted by Crippen LogP contribution is -2.29. The number of halogens is 1.